The minimum absolute atomic E-state index is 0.631. The fourth-order valence-corrected chi connectivity index (χ4v) is 4.53. The maximum absolute atomic E-state index is 5.49. The average molecular weight is 237 g/mol. The van der Waals surface area contributed by atoms with Crippen molar-refractivity contribution in [2.75, 3.05) is 13.2 Å². The summed E-state index contributed by atoms with van der Waals surface area (Å²) in [4.78, 5) is 0. The number of hydrogen-bond acceptors (Lipinski definition) is 2. The first kappa shape index (κ1) is 12.0. The van der Waals surface area contributed by atoms with Gasteiger partial charge in [0.2, 0.25) is 0 Å². The third-order valence-electron chi connectivity index (χ3n) is 5.63. The molecule has 0 aromatic carbocycles. The minimum Gasteiger partial charge on any atom is -0.381 e. The van der Waals surface area contributed by atoms with Crippen LogP contribution in [0.1, 0.15) is 46.0 Å². The summed E-state index contributed by atoms with van der Waals surface area (Å²) in [6, 6.07) is 1.34. The van der Waals surface area contributed by atoms with Crippen molar-refractivity contribution in [2.45, 2.75) is 58.0 Å². The number of nitrogens with one attached hydrogen (secondary N) is 1. The van der Waals surface area contributed by atoms with Crippen LogP contribution in [0, 0.1) is 23.7 Å². The van der Waals surface area contributed by atoms with Crippen molar-refractivity contribution >= 4 is 0 Å². The molecule has 0 aromatic rings. The number of ether oxygens (including phenoxy) is 1. The van der Waals surface area contributed by atoms with Crippen LogP contribution in [-0.4, -0.2) is 25.3 Å². The van der Waals surface area contributed by atoms with E-state index in [4.69, 9.17) is 4.74 Å². The van der Waals surface area contributed by atoms with E-state index in [2.05, 4.69) is 19.2 Å². The highest BCUT2D eigenvalue weighted by Gasteiger charge is 2.42. The van der Waals surface area contributed by atoms with Gasteiger partial charge in [-0.2, -0.15) is 0 Å². The Labute approximate surface area is 105 Å². The highest BCUT2D eigenvalue weighted by Crippen LogP contribution is 2.49. The molecule has 98 valence electrons. The largest absolute Gasteiger partial charge is 0.381 e. The van der Waals surface area contributed by atoms with Crippen LogP contribution in [-0.2, 0) is 4.74 Å². The number of rotatable bonds is 4. The highest BCUT2D eigenvalue weighted by molar-refractivity contribution is 4.95. The molecule has 3 fully saturated rings. The zero-order chi connectivity index (χ0) is 11.8. The fraction of sp³-hybridized carbons (Fsp3) is 1.00. The van der Waals surface area contributed by atoms with Gasteiger partial charge in [0.1, 0.15) is 0 Å². The lowest BCUT2D eigenvalue weighted by molar-refractivity contribution is 0.170. The molecule has 3 rings (SSSR count). The van der Waals surface area contributed by atoms with E-state index in [1.54, 1.807) is 0 Å². The highest BCUT2D eigenvalue weighted by atomic mass is 16.5. The third kappa shape index (κ3) is 2.39. The molecule has 2 bridgehead atoms. The summed E-state index contributed by atoms with van der Waals surface area (Å²) in [6.45, 7) is 6.71. The van der Waals surface area contributed by atoms with Gasteiger partial charge in [-0.05, 0) is 63.2 Å². The molecule has 0 spiro atoms. The standard InChI is InChI=1S/C15H27NO/c1-10(14-5-6-17-9-14)16-11(2)15-8-12-3-4-13(15)7-12/h10-16H,3-9H2,1-2H3. The molecule has 2 saturated carbocycles. The monoisotopic (exact) mass is 237 g/mol. The van der Waals surface area contributed by atoms with Gasteiger partial charge in [0.05, 0.1) is 6.61 Å². The molecule has 0 aromatic heterocycles. The van der Waals surface area contributed by atoms with Crippen molar-refractivity contribution in [3.05, 3.63) is 0 Å². The lowest BCUT2D eigenvalue weighted by atomic mass is 9.83. The molecule has 2 nitrogen and oxygen atoms in total. The lowest BCUT2D eigenvalue weighted by Crippen LogP contribution is -2.44. The first-order valence-electron chi connectivity index (χ1n) is 7.58. The van der Waals surface area contributed by atoms with E-state index in [1.807, 2.05) is 0 Å². The van der Waals surface area contributed by atoms with Gasteiger partial charge in [-0.3, -0.25) is 0 Å². The topological polar surface area (TPSA) is 21.3 Å². The number of hydrogen-bond donors (Lipinski definition) is 1. The van der Waals surface area contributed by atoms with E-state index in [1.165, 1.54) is 32.1 Å². The van der Waals surface area contributed by atoms with Crippen LogP contribution in [0.4, 0.5) is 0 Å². The van der Waals surface area contributed by atoms with Gasteiger partial charge < -0.3 is 10.1 Å². The van der Waals surface area contributed by atoms with E-state index in [9.17, 15) is 0 Å². The fourth-order valence-electron chi connectivity index (χ4n) is 4.53. The Morgan fingerprint density at radius 2 is 1.94 bits per heavy atom. The summed E-state index contributed by atoms with van der Waals surface area (Å²) in [5, 5.41) is 3.87. The van der Waals surface area contributed by atoms with Gasteiger partial charge >= 0.3 is 0 Å². The molecule has 0 amide bonds. The van der Waals surface area contributed by atoms with Crippen LogP contribution < -0.4 is 5.32 Å². The average Bonchev–Trinajstić information content (AvgIpc) is 3.05. The van der Waals surface area contributed by atoms with E-state index in [0.29, 0.717) is 12.1 Å². The normalized spacial score (nSPS) is 44.1. The molecular formula is C15H27NO. The molecule has 2 heteroatoms. The third-order valence-corrected chi connectivity index (χ3v) is 5.63. The van der Waals surface area contributed by atoms with Crippen molar-refractivity contribution < 1.29 is 4.74 Å². The molecular weight excluding hydrogens is 210 g/mol. The quantitative estimate of drug-likeness (QED) is 0.812. The molecule has 6 unspecified atom stereocenters. The second kappa shape index (κ2) is 4.89. The molecule has 6 atom stereocenters. The van der Waals surface area contributed by atoms with Crippen molar-refractivity contribution in [1.82, 2.24) is 5.32 Å². The van der Waals surface area contributed by atoms with Crippen molar-refractivity contribution in [2.24, 2.45) is 23.7 Å². The summed E-state index contributed by atoms with van der Waals surface area (Å²) >= 11 is 0. The maximum Gasteiger partial charge on any atom is 0.0509 e. The first-order chi connectivity index (χ1) is 8.24. The molecule has 1 aliphatic heterocycles. The van der Waals surface area contributed by atoms with Gasteiger partial charge in [-0.25, -0.2) is 0 Å². The number of fused-ring (bicyclic) bond motifs is 2. The van der Waals surface area contributed by atoms with Gasteiger partial charge in [0.15, 0.2) is 0 Å². The molecule has 1 saturated heterocycles. The Bertz CT molecular complexity index is 262. The van der Waals surface area contributed by atoms with Gasteiger partial charge in [0.25, 0.3) is 0 Å². The summed E-state index contributed by atoms with van der Waals surface area (Å²) in [6.07, 6.45) is 7.28. The molecule has 1 N–H and O–H groups in total. The van der Waals surface area contributed by atoms with Crippen LogP contribution in [0.25, 0.3) is 0 Å². The Morgan fingerprint density at radius 1 is 1.06 bits per heavy atom. The van der Waals surface area contributed by atoms with Crippen LogP contribution >= 0.6 is 0 Å². The second-order valence-corrected chi connectivity index (χ2v) is 6.71. The Balaban J connectivity index is 1.51. The molecule has 1 heterocycles. The van der Waals surface area contributed by atoms with Crippen molar-refractivity contribution in [3.8, 4) is 0 Å². The van der Waals surface area contributed by atoms with Gasteiger partial charge in [-0.1, -0.05) is 6.42 Å². The predicted octanol–water partition coefficient (Wildman–Crippen LogP) is 2.83. The Kier molecular flexibility index (Phi) is 3.45. The van der Waals surface area contributed by atoms with E-state index < -0.39 is 0 Å². The maximum atomic E-state index is 5.49. The van der Waals surface area contributed by atoms with Crippen LogP contribution in [0.3, 0.4) is 0 Å². The zero-order valence-electron chi connectivity index (χ0n) is 11.3. The summed E-state index contributed by atoms with van der Waals surface area (Å²) < 4.78 is 5.49. The van der Waals surface area contributed by atoms with E-state index in [0.717, 1.165) is 36.9 Å². The summed E-state index contributed by atoms with van der Waals surface area (Å²) in [5.41, 5.74) is 0. The molecule has 2 aliphatic carbocycles. The van der Waals surface area contributed by atoms with Crippen LogP contribution in [0.15, 0.2) is 0 Å². The van der Waals surface area contributed by atoms with E-state index in [-0.39, 0.29) is 0 Å². The Morgan fingerprint density at radius 3 is 2.53 bits per heavy atom. The smallest absolute Gasteiger partial charge is 0.0509 e. The predicted molar refractivity (Wildman–Crippen MR) is 69.9 cm³/mol. The van der Waals surface area contributed by atoms with Crippen LogP contribution in [0.5, 0.6) is 0 Å². The van der Waals surface area contributed by atoms with Crippen molar-refractivity contribution in [1.29, 1.82) is 0 Å². The van der Waals surface area contributed by atoms with E-state index >= 15 is 0 Å². The zero-order valence-corrected chi connectivity index (χ0v) is 11.3. The minimum atomic E-state index is 0.631. The van der Waals surface area contributed by atoms with Crippen molar-refractivity contribution in [3.63, 3.8) is 0 Å². The lowest BCUT2D eigenvalue weighted by Gasteiger charge is -2.32. The SMILES string of the molecule is CC(NC(C)C1CC2CCC1C2)C1CCOC1. The molecule has 3 aliphatic rings. The first-order valence-corrected chi connectivity index (χ1v) is 7.58. The van der Waals surface area contributed by atoms with Crippen LogP contribution in [0.2, 0.25) is 0 Å². The molecule has 0 radical (unpaired) electrons. The second-order valence-electron chi connectivity index (χ2n) is 6.71. The molecule has 17 heavy (non-hydrogen) atoms. The summed E-state index contributed by atoms with van der Waals surface area (Å²) in [7, 11) is 0. The summed E-state index contributed by atoms with van der Waals surface area (Å²) in [5.74, 6) is 3.81. The Hall–Kier alpha value is -0.0800. The van der Waals surface area contributed by atoms with Gasteiger partial charge in [0, 0.05) is 18.7 Å². The van der Waals surface area contributed by atoms with Gasteiger partial charge in [-0.15, -0.1) is 0 Å².